The number of carbonyl (C=O) groups is 1. The summed E-state index contributed by atoms with van der Waals surface area (Å²) in [7, 11) is 0. The van der Waals surface area contributed by atoms with Crippen molar-refractivity contribution in [1.82, 2.24) is 9.47 Å². The fraction of sp³-hybridized carbons (Fsp3) is 0.207. The standard InChI is InChI=1S/C29H28N2O2/c1-22-10-12-25(13-11-22)29(32)31-20-6-19-30-18-5-9-27(30)28(31)24-14-16-26(17-15-24)33-21-23-7-3-2-4-8-23/h2-5,7-18,28H,6,19-21H2,1H3. The lowest BCUT2D eigenvalue weighted by Gasteiger charge is -2.31. The van der Waals surface area contributed by atoms with Gasteiger partial charge in [-0.15, -0.1) is 0 Å². The van der Waals surface area contributed by atoms with Crippen LogP contribution in [0, 0.1) is 6.92 Å². The van der Waals surface area contributed by atoms with Crippen LogP contribution in [0.15, 0.2) is 97.2 Å². The number of aryl methyl sites for hydroxylation is 2. The van der Waals surface area contributed by atoms with Crippen molar-refractivity contribution >= 4 is 5.91 Å². The van der Waals surface area contributed by atoms with E-state index >= 15 is 0 Å². The van der Waals surface area contributed by atoms with E-state index in [1.807, 2.05) is 66.4 Å². The number of nitrogens with zero attached hydrogens (tertiary/aromatic N) is 2. The van der Waals surface area contributed by atoms with Crippen LogP contribution in [0.1, 0.15) is 45.2 Å². The highest BCUT2D eigenvalue weighted by atomic mass is 16.5. The van der Waals surface area contributed by atoms with Gasteiger partial charge in [0.25, 0.3) is 5.91 Å². The Kier molecular flexibility index (Phi) is 5.99. The number of hydrogen-bond donors (Lipinski definition) is 0. The molecule has 0 radical (unpaired) electrons. The molecule has 0 fully saturated rings. The van der Waals surface area contributed by atoms with Gasteiger partial charge in [-0.3, -0.25) is 4.79 Å². The summed E-state index contributed by atoms with van der Waals surface area (Å²) in [6.45, 7) is 4.20. The van der Waals surface area contributed by atoms with E-state index in [2.05, 4.69) is 47.2 Å². The molecule has 1 aliphatic heterocycles. The molecule has 1 amide bonds. The van der Waals surface area contributed by atoms with Crippen molar-refractivity contribution < 1.29 is 9.53 Å². The number of rotatable bonds is 5. The number of amides is 1. The monoisotopic (exact) mass is 436 g/mol. The first-order valence-corrected chi connectivity index (χ1v) is 11.5. The van der Waals surface area contributed by atoms with E-state index < -0.39 is 0 Å². The van der Waals surface area contributed by atoms with Crippen LogP contribution in [0.2, 0.25) is 0 Å². The number of fused-ring (bicyclic) bond motifs is 1. The first kappa shape index (κ1) is 21.1. The molecule has 0 saturated heterocycles. The van der Waals surface area contributed by atoms with Crippen molar-refractivity contribution in [3.05, 3.63) is 125 Å². The molecule has 0 N–H and O–H groups in total. The van der Waals surface area contributed by atoms with Crippen molar-refractivity contribution in [2.75, 3.05) is 6.54 Å². The molecule has 4 nitrogen and oxygen atoms in total. The zero-order valence-corrected chi connectivity index (χ0v) is 18.9. The van der Waals surface area contributed by atoms with E-state index in [9.17, 15) is 4.79 Å². The fourth-order valence-electron chi connectivity index (χ4n) is 4.50. The Labute approximate surface area is 195 Å². The molecule has 0 aliphatic carbocycles. The second-order valence-corrected chi connectivity index (χ2v) is 8.59. The number of benzene rings is 3. The van der Waals surface area contributed by atoms with Gasteiger partial charge in [-0.25, -0.2) is 0 Å². The molecular formula is C29H28N2O2. The molecule has 1 aromatic heterocycles. The molecule has 1 aliphatic rings. The fourth-order valence-corrected chi connectivity index (χ4v) is 4.50. The van der Waals surface area contributed by atoms with Crippen molar-refractivity contribution in [1.29, 1.82) is 0 Å². The molecule has 2 heterocycles. The summed E-state index contributed by atoms with van der Waals surface area (Å²) < 4.78 is 8.25. The van der Waals surface area contributed by atoms with E-state index in [-0.39, 0.29) is 11.9 Å². The molecule has 166 valence electrons. The van der Waals surface area contributed by atoms with Gasteiger partial charge in [0.15, 0.2) is 0 Å². The van der Waals surface area contributed by atoms with Gasteiger partial charge in [-0.1, -0.05) is 60.2 Å². The highest BCUT2D eigenvalue weighted by Gasteiger charge is 2.31. The largest absolute Gasteiger partial charge is 0.489 e. The van der Waals surface area contributed by atoms with Gasteiger partial charge in [0.2, 0.25) is 0 Å². The summed E-state index contributed by atoms with van der Waals surface area (Å²) in [6.07, 6.45) is 3.04. The van der Waals surface area contributed by atoms with Crippen LogP contribution < -0.4 is 4.74 Å². The Bertz CT molecular complexity index is 1210. The van der Waals surface area contributed by atoms with Gasteiger partial charge >= 0.3 is 0 Å². The van der Waals surface area contributed by atoms with Crippen LogP contribution in [-0.2, 0) is 13.2 Å². The van der Waals surface area contributed by atoms with Crippen LogP contribution in [0.5, 0.6) is 5.75 Å². The van der Waals surface area contributed by atoms with E-state index in [0.717, 1.165) is 46.7 Å². The maximum absolute atomic E-state index is 13.6. The zero-order chi connectivity index (χ0) is 22.6. The molecule has 4 aromatic rings. The molecule has 4 heteroatoms. The lowest BCUT2D eigenvalue weighted by atomic mass is 10.0. The molecule has 0 spiro atoms. The predicted octanol–water partition coefficient (Wildman–Crippen LogP) is 6.01. The topological polar surface area (TPSA) is 34.5 Å². The molecule has 33 heavy (non-hydrogen) atoms. The Morgan fingerprint density at radius 2 is 1.64 bits per heavy atom. The van der Waals surface area contributed by atoms with Crippen LogP contribution in [0.3, 0.4) is 0 Å². The minimum Gasteiger partial charge on any atom is -0.489 e. The summed E-state index contributed by atoms with van der Waals surface area (Å²) in [5.74, 6) is 0.891. The van der Waals surface area contributed by atoms with Crippen molar-refractivity contribution in [3.63, 3.8) is 0 Å². The minimum absolute atomic E-state index is 0.0686. The van der Waals surface area contributed by atoms with Crippen molar-refractivity contribution in [2.24, 2.45) is 0 Å². The van der Waals surface area contributed by atoms with Gasteiger partial charge in [-0.2, -0.15) is 0 Å². The molecule has 1 unspecified atom stereocenters. The zero-order valence-electron chi connectivity index (χ0n) is 18.9. The second kappa shape index (κ2) is 9.37. The smallest absolute Gasteiger partial charge is 0.254 e. The van der Waals surface area contributed by atoms with Crippen molar-refractivity contribution in [2.45, 2.75) is 32.5 Å². The van der Waals surface area contributed by atoms with E-state index in [0.29, 0.717) is 13.2 Å². The Balaban J connectivity index is 1.43. The first-order chi connectivity index (χ1) is 16.2. The molecular weight excluding hydrogens is 408 g/mol. The molecule has 0 saturated carbocycles. The maximum Gasteiger partial charge on any atom is 0.254 e. The Morgan fingerprint density at radius 1 is 0.879 bits per heavy atom. The second-order valence-electron chi connectivity index (χ2n) is 8.59. The summed E-state index contributed by atoms with van der Waals surface area (Å²) in [5.41, 5.74) is 5.25. The average Bonchev–Trinajstić information content (AvgIpc) is 3.24. The van der Waals surface area contributed by atoms with Gasteiger partial charge in [0, 0.05) is 30.5 Å². The number of aromatic nitrogens is 1. The number of ether oxygens (including phenoxy) is 1. The third-order valence-corrected chi connectivity index (χ3v) is 6.26. The summed E-state index contributed by atoms with van der Waals surface area (Å²) in [4.78, 5) is 15.6. The number of hydrogen-bond acceptors (Lipinski definition) is 2. The van der Waals surface area contributed by atoms with Crippen molar-refractivity contribution in [3.8, 4) is 5.75 Å². The summed E-state index contributed by atoms with van der Waals surface area (Å²) in [5, 5.41) is 0. The lowest BCUT2D eigenvalue weighted by Crippen LogP contribution is -2.35. The molecule has 0 bridgehead atoms. The van der Waals surface area contributed by atoms with E-state index in [1.165, 1.54) is 0 Å². The SMILES string of the molecule is Cc1ccc(C(=O)N2CCCn3cccc3C2c2ccc(OCc3ccccc3)cc2)cc1. The highest BCUT2D eigenvalue weighted by molar-refractivity contribution is 5.94. The summed E-state index contributed by atoms with van der Waals surface area (Å²) in [6, 6.07) is 30.3. The maximum atomic E-state index is 13.6. The Morgan fingerprint density at radius 3 is 2.39 bits per heavy atom. The lowest BCUT2D eigenvalue weighted by molar-refractivity contribution is 0.0709. The van der Waals surface area contributed by atoms with Crippen LogP contribution >= 0.6 is 0 Å². The van der Waals surface area contributed by atoms with Crippen LogP contribution in [0.25, 0.3) is 0 Å². The van der Waals surface area contributed by atoms with Gasteiger partial charge in [-0.05, 0) is 60.9 Å². The minimum atomic E-state index is -0.139. The first-order valence-electron chi connectivity index (χ1n) is 11.5. The van der Waals surface area contributed by atoms with Crippen LogP contribution in [-0.4, -0.2) is 21.9 Å². The molecule has 1 atom stereocenters. The Hall–Kier alpha value is -3.79. The highest BCUT2D eigenvalue weighted by Crippen LogP contribution is 2.34. The number of carbonyl (C=O) groups excluding carboxylic acids is 1. The van der Waals surface area contributed by atoms with E-state index in [4.69, 9.17) is 4.74 Å². The quantitative estimate of drug-likeness (QED) is 0.384. The van der Waals surface area contributed by atoms with Crippen LogP contribution in [0.4, 0.5) is 0 Å². The third kappa shape index (κ3) is 4.56. The van der Waals surface area contributed by atoms with Gasteiger partial charge in [0.1, 0.15) is 12.4 Å². The molecule has 5 rings (SSSR count). The van der Waals surface area contributed by atoms with Gasteiger partial charge in [0.05, 0.1) is 6.04 Å². The van der Waals surface area contributed by atoms with E-state index in [1.54, 1.807) is 0 Å². The third-order valence-electron chi connectivity index (χ3n) is 6.26. The average molecular weight is 437 g/mol. The molecule has 3 aromatic carbocycles. The normalized spacial score (nSPS) is 15.5. The predicted molar refractivity (Wildman–Crippen MR) is 130 cm³/mol. The van der Waals surface area contributed by atoms with Gasteiger partial charge < -0.3 is 14.2 Å². The summed E-state index contributed by atoms with van der Waals surface area (Å²) >= 11 is 0.